The molecule has 1 aliphatic rings. The number of carbonyl (C=O) groups is 1. The maximum Gasteiger partial charge on any atom is 0.416 e. The van der Waals surface area contributed by atoms with Crippen molar-refractivity contribution in [3.05, 3.63) is 87.1 Å². The van der Waals surface area contributed by atoms with E-state index >= 15 is 0 Å². The molecule has 0 aliphatic carbocycles. The number of ether oxygens (including phenoxy) is 1. The highest BCUT2D eigenvalue weighted by Crippen LogP contribution is 2.39. The van der Waals surface area contributed by atoms with Crippen LogP contribution in [0.3, 0.4) is 0 Å². The topological polar surface area (TPSA) is 29.5 Å². The number of alkyl halides is 3. The first-order valence-electron chi connectivity index (χ1n) is 9.07. The van der Waals surface area contributed by atoms with Crippen LogP contribution in [0, 0.1) is 0 Å². The van der Waals surface area contributed by atoms with Crippen LogP contribution in [-0.2, 0) is 12.6 Å². The van der Waals surface area contributed by atoms with Crippen molar-refractivity contribution in [1.82, 2.24) is 4.90 Å². The first kappa shape index (κ1) is 19.5. The van der Waals surface area contributed by atoms with Crippen molar-refractivity contribution in [2.45, 2.75) is 18.6 Å². The van der Waals surface area contributed by atoms with Crippen molar-refractivity contribution in [3.8, 4) is 5.75 Å². The molecule has 2 aromatic carbocycles. The van der Waals surface area contributed by atoms with Gasteiger partial charge in [0, 0.05) is 17.0 Å². The smallest absolute Gasteiger partial charge is 0.416 e. The molecule has 1 amide bonds. The molecule has 150 valence electrons. The Morgan fingerprint density at radius 2 is 1.76 bits per heavy atom. The quantitative estimate of drug-likeness (QED) is 0.558. The zero-order valence-corrected chi connectivity index (χ0v) is 16.4. The summed E-state index contributed by atoms with van der Waals surface area (Å²) in [5.74, 6) is 0.494. The molecule has 0 saturated heterocycles. The number of hydrogen-bond donors (Lipinski definition) is 0. The summed E-state index contributed by atoms with van der Waals surface area (Å²) in [6, 6.07) is 13.5. The minimum atomic E-state index is -4.39. The van der Waals surface area contributed by atoms with Crippen LogP contribution >= 0.6 is 11.3 Å². The minimum Gasteiger partial charge on any atom is -0.497 e. The Morgan fingerprint density at radius 1 is 1.07 bits per heavy atom. The van der Waals surface area contributed by atoms with Gasteiger partial charge < -0.3 is 9.64 Å². The standard InChI is InChI=1S/C22H18F3NO2S/c1-28-17-8-4-15(5-9-17)21(27)26-12-10-19-18(11-13-29-19)20(26)14-2-6-16(7-3-14)22(23,24)25/h2-9,11,13,20H,10,12H2,1H3. The van der Waals surface area contributed by atoms with Crippen LogP contribution in [0.1, 0.15) is 38.0 Å². The van der Waals surface area contributed by atoms with Gasteiger partial charge in [0.2, 0.25) is 0 Å². The lowest BCUT2D eigenvalue weighted by atomic mass is 9.92. The number of methoxy groups -OCH3 is 1. The molecule has 0 N–H and O–H groups in total. The molecule has 1 unspecified atom stereocenters. The van der Waals surface area contributed by atoms with E-state index in [2.05, 4.69) is 0 Å². The average molecular weight is 417 g/mol. The summed E-state index contributed by atoms with van der Waals surface area (Å²) in [5.41, 5.74) is 1.46. The molecule has 0 bridgehead atoms. The number of rotatable bonds is 3. The molecule has 1 atom stereocenters. The van der Waals surface area contributed by atoms with Crippen LogP contribution in [0.25, 0.3) is 0 Å². The lowest BCUT2D eigenvalue weighted by Gasteiger charge is -2.36. The lowest BCUT2D eigenvalue weighted by Crippen LogP contribution is -2.40. The van der Waals surface area contributed by atoms with Crippen molar-refractivity contribution >= 4 is 17.2 Å². The Labute approximate surface area is 170 Å². The number of nitrogens with zero attached hydrogens (tertiary/aromatic N) is 1. The van der Waals surface area contributed by atoms with E-state index < -0.39 is 17.8 Å². The molecule has 0 radical (unpaired) electrons. The normalized spacial score (nSPS) is 16.4. The van der Waals surface area contributed by atoms with Gasteiger partial charge in [-0.3, -0.25) is 4.79 Å². The van der Waals surface area contributed by atoms with E-state index in [1.807, 2.05) is 11.4 Å². The molecule has 7 heteroatoms. The Kier molecular flexibility index (Phi) is 5.08. The molecular formula is C22H18F3NO2S. The highest BCUT2D eigenvalue weighted by molar-refractivity contribution is 7.10. The molecule has 4 rings (SSSR count). The molecule has 1 aromatic heterocycles. The summed E-state index contributed by atoms with van der Waals surface area (Å²) < 4.78 is 44.0. The second-order valence-electron chi connectivity index (χ2n) is 6.80. The van der Waals surface area contributed by atoms with Gasteiger partial charge in [-0.05, 0) is 65.4 Å². The first-order valence-corrected chi connectivity index (χ1v) is 9.95. The first-order chi connectivity index (χ1) is 13.9. The third-order valence-electron chi connectivity index (χ3n) is 5.12. The van der Waals surface area contributed by atoms with Gasteiger partial charge in [-0.25, -0.2) is 0 Å². The maximum atomic E-state index is 13.2. The number of hydrogen-bond acceptors (Lipinski definition) is 3. The van der Waals surface area contributed by atoms with Gasteiger partial charge in [0.15, 0.2) is 0 Å². The molecule has 0 fully saturated rings. The fraction of sp³-hybridized carbons (Fsp3) is 0.227. The minimum absolute atomic E-state index is 0.158. The largest absolute Gasteiger partial charge is 0.497 e. The van der Waals surface area contributed by atoms with Gasteiger partial charge in [-0.1, -0.05) is 12.1 Å². The van der Waals surface area contributed by atoms with E-state index in [1.54, 1.807) is 47.6 Å². The number of benzene rings is 2. The van der Waals surface area contributed by atoms with Crippen molar-refractivity contribution in [2.75, 3.05) is 13.7 Å². The molecule has 0 saturated carbocycles. The van der Waals surface area contributed by atoms with Crippen molar-refractivity contribution in [2.24, 2.45) is 0 Å². The van der Waals surface area contributed by atoms with Crippen LogP contribution < -0.4 is 4.74 Å². The molecular weight excluding hydrogens is 399 g/mol. The predicted octanol–water partition coefficient (Wildman–Crippen LogP) is 5.56. The van der Waals surface area contributed by atoms with Gasteiger partial charge in [0.25, 0.3) is 5.91 Å². The van der Waals surface area contributed by atoms with Gasteiger partial charge in [0.05, 0.1) is 18.7 Å². The molecule has 2 heterocycles. The lowest BCUT2D eigenvalue weighted by molar-refractivity contribution is -0.137. The van der Waals surface area contributed by atoms with Crippen LogP contribution in [-0.4, -0.2) is 24.5 Å². The van der Waals surface area contributed by atoms with Gasteiger partial charge in [0.1, 0.15) is 5.75 Å². The van der Waals surface area contributed by atoms with Crippen molar-refractivity contribution < 1.29 is 22.7 Å². The number of amides is 1. The van der Waals surface area contributed by atoms with Gasteiger partial charge in [-0.2, -0.15) is 13.2 Å². The summed E-state index contributed by atoms with van der Waals surface area (Å²) in [5, 5.41) is 1.96. The zero-order valence-electron chi connectivity index (χ0n) is 15.6. The Bertz CT molecular complexity index is 1010. The summed E-state index contributed by atoms with van der Waals surface area (Å²) in [7, 11) is 1.56. The second kappa shape index (κ2) is 7.55. The molecule has 3 aromatic rings. The summed E-state index contributed by atoms with van der Waals surface area (Å²) in [6.45, 7) is 0.504. The van der Waals surface area contributed by atoms with E-state index in [-0.39, 0.29) is 5.91 Å². The summed E-state index contributed by atoms with van der Waals surface area (Å²) in [6.07, 6.45) is -3.66. The average Bonchev–Trinajstić information content (AvgIpc) is 3.21. The highest BCUT2D eigenvalue weighted by Gasteiger charge is 2.35. The van der Waals surface area contributed by atoms with Crippen LogP contribution in [0.15, 0.2) is 60.0 Å². The fourth-order valence-electron chi connectivity index (χ4n) is 3.65. The van der Waals surface area contributed by atoms with E-state index in [1.165, 1.54) is 12.1 Å². The molecule has 0 spiro atoms. The third-order valence-corrected chi connectivity index (χ3v) is 6.11. The summed E-state index contributed by atoms with van der Waals surface area (Å²) >= 11 is 1.61. The summed E-state index contributed by atoms with van der Waals surface area (Å²) in [4.78, 5) is 16.1. The molecule has 3 nitrogen and oxygen atoms in total. The van der Waals surface area contributed by atoms with Crippen LogP contribution in [0.5, 0.6) is 5.75 Å². The predicted molar refractivity (Wildman–Crippen MR) is 105 cm³/mol. The fourth-order valence-corrected chi connectivity index (χ4v) is 4.55. The maximum absolute atomic E-state index is 13.2. The van der Waals surface area contributed by atoms with Crippen molar-refractivity contribution in [1.29, 1.82) is 0 Å². The molecule has 29 heavy (non-hydrogen) atoms. The second-order valence-corrected chi connectivity index (χ2v) is 7.80. The zero-order chi connectivity index (χ0) is 20.6. The Balaban J connectivity index is 1.72. The Morgan fingerprint density at radius 3 is 2.38 bits per heavy atom. The SMILES string of the molecule is COc1ccc(C(=O)N2CCc3sccc3C2c2ccc(C(F)(F)F)cc2)cc1. The molecule has 1 aliphatic heterocycles. The van der Waals surface area contributed by atoms with Gasteiger partial charge in [-0.15, -0.1) is 11.3 Å². The number of thiophene rings is 1. The van der Waals surface area contributed by atoms with Crippen LogP contribution in [0.2, 0.25) is 0 Å². The number of halogens is 3. The van der Waals surface area contributed by atoms with E-state index in [0.717, 1.165) is 29.0 Å². The number of fused-ring (bicyclic) bond motifs is 1. The van der Waals surface area contributed by atoms with Gasteiger partial charge >= 0.3 is 6.18 Å². The third kappa shape index (κ3) is 3.74. The van der Waals surface area contributed by atoms with Crippen LogP contribution in [0.4, 0.5) is 13.2 Å². The van der Waals surface area contributed by atoms with E-state index in [4.69, 9.17) is 4.74 Å². The highest BCUT2D eigenvalue weighted by atomic mass is 32.1. The Hall–Kier alpha value is -2.80. The van der Waals surface area contributed by atoms with Crippen molar-refractivity contribution in [3.63, 3.8) is 0 Å². The monoisotopic (exact) mass is 417 g/mol. The van der Waals surface area contributed by atoms with E-state index in [0.29, 0.717) is 23.4 Å². The van der Waals surface area contributed by atoms with E-state index in [9.17, 15) is 18.0 Å². The number of carbonyl (C=O) groups excluding carboxylic acids is 1.